The Bertz CT molecular complexity index is 1130. The van der Waals surface area contributed by atoms with Crippen molar-refractivity contribution in [3.8, 4) is 0 Å². The highest BCUT2D eigenvalue weighted by Crippen LogP contribution is 2.40. The number of nitrogens with one attached hydrogen (secondary N) is 1. The molecule has 2 fully saturated rings. The Morgan fingerprint density at radius 2 is 2.00 bits per heavy atom. The number of ether oxygens (including phenoxy) is 1. The third-order valence-electron chi connectivity index (χ3n) is 5.72. The quantitative estimate of drug-likeness (QED) is 0.208. The van der Waals surface area contributed by atoms with Crippen LogP contribution in [0.4, 0.5) is 9.93 Å². The van der Waals surface area contributed by atoms with E-state index in [0.29, 0.717) is 31.8 Å². The summed E-state index contributed by atoms with van der Waals surface area (Å²) in [6.07, 6.45) is -0.534. The molecule has 15 nitrogen and oxygen atoms in total. The minimum absolute atomic E-state index is 0.0626. The van der Waals surface area contributed by atoms with Gasteiger partial charge in [0.05, 0.1) is 0 Å². The average Bonchev–Trinajstić information content (AvgIpc) is 3.29. The van der Waals surface area contributed by atoms with Crippen LogP contribution in [0.15, 0.2) is 16.4 Å². The van der Waals surface area contributed by atoms with Crippen molar-refractivity contribution in [2.45, 2.75) is 11.4 Å². The highest BCUT2D eigenvalue weighted by atomic mass is 32.2. The van der Waals surface area contributed by atoms with Gasteiger partial charge in [-0.25, -0.2) is 9.59 Å². The first-order chi connectivity index (χ1) is 17.2. The van der Waals surface area contributed by atoms with Crippen molar-refractivity contribution < 1.29 is 33.9 Å². The van der Waals surface area contributed by atoms with Crippen LogP contribution < -0.4 is 11.1 Å². The number of carbonyl (C=O) groups is 4. The number of nitrogens with two attached hydrogens (primary N) is 1. The molecule has 4 heterocycles. The standard InChI is InChI=1S/C19H24N8O7S2/c1-25-3-5-26(6-4-25)19(32)34-7-9-8-35-16-11(15(29)27(16)12(9)17(30)31)21-14(28)10(23-33-2)13-22-18(20)36-24-13/h11,16H,3-8H2,1-2H3,(H,21,28)(H,30,31)(H2,20,22,24)/b23-10+/t11?,16-/m1/s1. The molecule has 0 bridgehead atoms. The van der Waals surface area contributed by atoms with Crippen LogP contribution in [-0.2, 0) is 24.0 Å². The number of amides is 3. The van der Waals surface area contributed by atoms with E-state index in [9.17, 15) is 24.3 Å². The predicted octanol–water partition coefficient (Wildman–Crippen LogP) is -1.41. The lowest BCUT2D eigenvalue weighted by atomic mass is 10.0. The van der Waals surface area contributed by atoms with Crippen LogP contribution in [0, 0.1) is 0 Å². The Morgan fingerprint density at radius 1 is 1.28 bits per heavy atom. The third-order valence-corrected chi connectivity index (χ3v) is 7.60. The van der Waals surface area contributed by atoms with E-state index in [-0.39, 0.29) is 34.7 Å². The highest BCUT2D eigenvalue weighted by molar-refractivity contribution is 8.00. The number of fused-ring (bicyclic) bond motifs is 1. The molecular formula is C19H24N8O7S2. The number of anilines is 1. The first-order valence-electron chi connectivity index (χ1n) is 10.7. The van der Waals surface area contributed by atoms with Crippen LogP contribution in [-0.4, -0.2) is 123 Å². The summed E-state index contributed by atoms with van der Waals surface area (Å²) in [7, 11) is 3.19. The van der Waals surface area contributed by atoms with Crippen molar-refractivity contribution in [3.05, 3.63) is 17.1 Å². The number of aliphatic carboxylic acids is 1. The zero-order valence-corrected chi connectivity index (χ0v) is 21.0. The number of carbonyl (C=O) groups excluding carboxylic acids is 3. The maximum atomic E-state index is 12.9. The molecule has 3 amide bonds. The topological polar surface area (TPSA) is 193 Å². The van der Waals surface area contributed by atoms with Gasteiger partial charge in [0.1, 0.15) is 30.8 Å². The van der Waals surface area contributed by atoms with Gasteiger partial charge in [-0.15, -0.1) is 11.8 Å². The maximum absolute atomic E-state index is 12.9. The van der Waals surface area contributed by atoms with E-state index in [4.69, 9.17) is 15.3 Å². The highest BCUT2D eigenvalue weighted by Gasteiger charge is 2.54. The van der Waals surface area contributed by atoms with E-state index in [1.807, 2.05) is 7.05 Å². The first kappa shape index (κ1) is 25.6. The second-order valence-corrected chi connectivity index (χ2v) is 9.93. The van der Waals surface area contributed by atoms with E-state index in [1.54, 1.807) is 4.90 Å². The smallest absolute Gasteiger partial charge is 0.410 e. The molecule has 36 heavy (non-hydrogen) atoms. The number of nitrogens with zero attached hydrogens (tertiary/aromatic N) is 6. The maximum Gasteiger partial charge on any atom is 0.410 e. The SMILES string of the molecule is CO/N=C(/C(=O)NC1C(=O)N2C(C(=O)O)=C(COC(=O)N3CCN(C)CC3)CS[C@H]12)c1nsc(N)n1. The fourth-order valence-electron chi connectivity index (χ4n) is 3.84. The van der Waals surface area contributed by atoms with Gasteiger partial charge in [0.25, 0.3) is 11.8 Å². The molecule has 0 radical (unpaired) electrons. The number of aromatic nitrogens is 2. The third kappa shape index (κ3) is 5.07. The predicted molar refractivity (Wildman–Crippen MR) is 128 cm³/mol. The van der Waals surface area contributed by atoms with Crippen molar-refractivity contribution in [2.24, 2.45) is 5.16 Å². The van der Waals surface area contributed by atoms with E-state index < -0.39 is 35.3 Å². The molecule has 1 unspecified atom stereocenters. The number of thioether (sulfide) groups is 1. The number of carboxylic acid groups (broad SMARTS) is 1. The Kier molecular flexibility index (Phi) is 7.60. The van der Waals surface area contributed by atoms with E-state index in [2.05, 4.69) is 24.7 Å². The lowest BCUT2D eigenvalue weighted by Crippen LogP contribution is -2.71. The van der Waals surface area contributed by atoms with Crippen LogP contribution in [0.2, 0.25) is 0 Å². The number of piperazine rings is 1. The van der Waals surface area contributed by atoms with Gasteiger partial charge in [-0.3, -0.25) is 14.5 Å². The summed E-state index contributed by atoms with van der Waals surface area (Å²) >= 11 is 2.11. The van der Waals surface area contributed by atoms with Gasteiger partial charge in [0.2, 0.25) is 11.5 Å². The molecule has 3 aliphatic rings. The molecule has 4 rings (SSSR count). The summed E-state index contributed by atoms with van der Waals surface area (Å²) < 4.78 is 9.28. The van der Waals surface area contributed by atoms with Crippen LogP contribution in [0.25, 0.3) is 0 Å². The monoisotopic (exact) mass is 540 g/mol. The molecule has 0 saturated carbocycles. The molecule has 1 aromatic rings. The number of rotatable bonds is 7. The van der Waals surface area contributed by atoms with E-state index in [0.717, 1.165) is 16.4 Å². The Balaban J connectivity index is 1.43. The molecule has 17 heteroatoms. The molecule has 194 valence electrons. The second kappa shape index (κ2) is 10.7. The van der Waals surface area contributed by atoms with Gasteiger partial charge in [-0.05, 0) is 7.05 Å². The molecule has 0 aromatic carbocycles. The normalized spacial score (nSPS) is 22.6. The summed E-state index contributed by atoms with van der Waals surface area (Å²) in [6.45, 7) is 2.21. The molecule has 2 atom stereocenters. The fourth-order valence-corrected chi connectivity index (χ4v) is 5.60. The van der Waals surface area contributed by atoms with Crippen LogP contribution in [0.3, 0.4) is 0 Å². The fraction of sp³-hybridized carbons (Fsp3) is 0.526. The largest absolute Gasteiger partial charge is 0.477 e. The molecule has 2 saturated heterocycles. The summed E-state index contributed by atoms with van der Waals surface area (Å²) in [4.78, 5) is 63.4. The minimum atomic E-state index is -1.33. The van der Waals surface area contributed by atoms with Crippen LogP contribution in [0.5, 0.6) is 0 Å². The molecule has 4 N–H and O–H groups in total. The Hall–Kier alpha value is -3.44. The average molecular weight is 541 g/mol. The molecule has 0 spiro atoms. The lowest BCUT2D eigenvalue weighted by molar-refractivity contribution is -0.150. The molecular weight excluding hydrogens is 516 g/mol. The Labute approximate surface area is 213 Å². The molecule has 3 aliphatic heterocycles. The number of likely N-dealkylation sites (N-methyl/N-ethyl adjacent to an activating group) is 1. The number of carboxylic acids is 1. The van der Waals surface area contributed by atoms with Gasteiger partial charge in [-0.2, -0.15) is 9.36 Å². The van der Waals surface area contributed by atoms with Gasteiger partial charge < -0.3 is 35.5 Å². The summed E-state index contributed by atoms with van der Waals surface area (Å²) in [5.41, 5.74) is 5.34. The van der Waals surface area contributed by atoms with E-state index in [1.165, 1.54) is 18.9 Å². The summed E-state index contributed by atoms with van der Waals surface area (Å²) in [5, 5.41) is 15.4. The van der Waals surface area contributed by atoms with Crippen molar-refractivity contribution in [1.82, 2.24) is 29.4 Å². The van der Waals surface area contributed by atoms with Gasteiger partial charge >= 0.3 is 12.1 Å². The van der Waals surface area contributed by atoms with Gasteiger partial charge in [0, 0.05) is 49.0 Å². The molecule has 1 aromatic heterocycles. The van der Waals surface area contributed by atoms with Crippen molar-refractivity contribution in [1.29, 1.82) is 0 Å². The lowest BCUT2D eigenvalue weighted by Gasteiger charge is -2.49. The number of oxime groups is 1. The minimum Gasteiger partial charge on any atom is -0.477 e. The van der Waals surface area contributed by atoms with Gasteiger partial charge in [0.15, 0.2) is 5.13 Å². The number of hydrogen-bond acceptors (Lipinski definition) is 13. The molecule has 0 aliphatic carbocycles. The number of hydrogen-bond donors (Lipinski definition) is 3. The summed E-state index contributed by atoms with van der Waals surface area (Å²) in [5.74, 6) is -2.59. The Morgan fingerprint density at radius 3 is 2.61 bits per heavy atom. The van der Waals surface area contributed by atoms with Gasteiger partial charge in [-0.1, -0.05) is 5.16 Å². The number of β-lactam (4-membered cyclic amide) rings is 1. The second-order valence-electron chi connectivity index (χ2n) is 8.04. The zero-order chi connectivity index (χ0) is 26.0. The number of nitrogen functional groups attached to an aromatic ring is 1. The van der Waals surface area contributed by atoms with Crippen LogP contribution in [0.1, 0.15) is 5.82 Å². The van der Waals surface area contributed by atoms with Crippen LogP contribution >= 0.6 is 23.3 Å². The van der Waals surface area contributed by atoms with E-state index >= 15 is 0 Å². The zero-order valence-electron chi connectivity index (χ0n) is 19.4. The first-order valence-corrected chi connectivity index (χ1v) is 12.5. The van der Waals surface area contributed by atoms with Crippen molar-refractivity contribution in [3.63, 3.8) is 0 Å². The summed E-state index contributed by atoms with van der Waals surface area (Å²) in [6, 6.07) is -1.01. The van der Waals surface area contributed by atoms with Crippen molar-refractivity contribution in [2.75, 3.05) is 58.4 Å². The van der Waals surface area contributed by atoms with Crippen molar-refractivity contribution >= 4 is 58.0 Å².